The number of piperidine rings is 1. The maximum Gasteiger partial charge on any atom is 0.308 e. The minimum Gasteiger partial charge on any atom is -0.356 e. The molecule has 0 unspecified atom stereocenters. The lowest BCUT2D eigenvalue weighted by Gasteiger charge is -2.30. The van der Waals surface area contributed by atoms with Crippen LogP contribution in [-0.2, 0) is 21.4 Å². The molecule has 9 heteroatoms. The molecule has 1 aliphatic rings. The number of amides is 1. The number of rotatable bonds is 7. The third-order valence-corrected chi connectivity index (χ3v) is 7.94. The first-order chi connectivity index (χ1) is 13.4. The molecule has 1 aromatic carbocycles. The zero-order valence-electron chi connectivity index (χ0n) is 16.3. The van der Waals surface area contributed by atoms with Crippen molar-refractivity contribution in [2.75, 3.05) is 19.6 Å². The number of carbonyl (C=O) groups excluding carboxylic acids is 1. The number of thiazole rings is 1. The van der Waals surface area contributed by atoms with Crippen molar-refractivity contribution in [3.8, 4) is 0 Å². The lowest BCUT2D eigenvalue weighted by molar-refractivity contribution is -0.126. The van der Waals surface area contributed by atoms with Gasteiger partial charge in [-0.3, -0.25) is 14.2 Å². The Labute approximate surface area is 169 Å². The van der Waals surface area contributed by atoms with Gasteiger partial charge < -0.3 is 5.32 Å². The van der Waals surface area contributed by atoms with Crippen LogP contribution >= 0.6 is 11.3 Å². The third kappa shape index (κ3) is 4.16. The second-order valence-electron chi connectivity index (χ2n) is 7.12. The van der Waals surface area contributed by atoms with Gasteiger partial charge in [0.25, 0.3) is 0 Å². The van der Waals surface area contributed by atoms with Gasteiger partial charge in [-0.15, -0.1) is 0 Å². The number of nitrogens with zero attached hydrogens (tertiary/aromatic N) is 2. The zero-order valence-corrected chi connectivity index (χ0v) is 17.9. The largest absolute Gasteiger partial charge is 0.356 e. The summed E-state index contributed by atoms with van der Waals surface area (Å²) in [6, 6.07) is 4.90. The first-order valence-electron chi connectivity index (χ1n) is 9.79. The summed E-state index contributed by atoms with van der Waals surface area (Å²) in [6.07, 6.45) is 2.77. The van der Waals surface area contributed by atoms with E-state index in [1.54, 1.807) is 22.8 Å². The molecule has 0 radical (unpaired) electrons. The molecule has 1 aromatic heterocycles. The number of nitrogens with one attached hydrogen (secondary N) is 1. The summed E-state index contributed by atoms with van der Waals surface area (Å²) in [5.74, 6) is -0.115. The maximum absolute atomic E-state index is 13.0. The van der Waals surface area contributed by atoms with E-state index >= 15 is 0 Å². The van der Waals surface area contributed by atoms with Crippen LogP contribution in [0.2, 0.25) is 0 Å². The smallest absolute Gasteiger partial charge is 0.308 e. The standard InChI is InChI=1S/C19H27N3O4S2/c1-3-9-20-18(23)14-7-11-21(12-8-14)28(25,26)15-5-6-16-17(13-15)27-19(24)22(16)10-4-2/h5-6,13-14H,3-4,7-12H2,1-2H3,(H,20,23). The van der Waals surface area contributed by atoms with Crippen LogP contribution in [0, 0.1) is 5.92 Å². The molecule has 1 aliphatic heterocycles. The molecule has 0 atom stereocenters. The topological polar surface area (TPSA) is 88.5 Å². The number of hydrogen-bond donors (Lipinski definition) is 1. The number of aryl methyl sites for hydroxylation is 1. The Bertz CT molecular complexity index is 1000. The van der Waals surface area contributed by atoms with Gasteiger partial charge in [0.05, 0.1) is 15.1 Å². The Hall–Kier alpha value is -1.71. The Morgan fingerprint density at radius 3 is 2.57 bits per heavy atom. The minimum absolute atomic E-state index is 0.0161. The van der Waals surface area contributed by atoms with E-state index < -0.39 is 10.0 Å². The van der Waals surface area contributed by atoms with Gasteiger partial charge in [0, 0.05) is 32.1 Å². The SMILES string of the molecule is CCCNC(=O)C1CCN(S(=O)(=O)c2ccc3c(c2)sc(=O)n3CCC)CC1. The summed E-state index contributed by atoms with van der Waals surface area (Å²) in [5.41, 5.74) is 0.780. The highest BCUT2D eigenvalue weighted by atomic mass is 32.2. The van der Waals surface area contributed by atoms with E-state index in [9.17, 15) is 18.0 Å². The predicted octanol–water partition coefficient (Wildman–Crippen LogP) is 2.40. The molecule has 1 saturated heterocycles. The van der Waals surface area contributed by atoms with E-state index in [1.165, 1.54) is 4.31 Å². The Morgan fingerprint density at radius 2 is 1.93 bits per heavy atom. The molecule has 7 nitrogen and oxygen atoms in total. The average Bonchev–Trinajstić information content (AvgIpc) is 3.01. The molecule has 0 spiro atoms. The van der Waals surface area contributed by atoms with Crippen LogP contribution in [0.5, 0.6) is 0 Å². The first kappa shape index (κ1) is 21.0. The summed E-state index contributed by atoms with van der Waals surface area (Å²) < 4.78 is 29.9. The van der Waals surface area contributed by atoms with E-state index in [1.807, 2.05) is 13.8 Å². The molecular weight excluding hydrogens is 398 g/mol. The van der Waals surface area contributed by atoms with Crippen molar-refractivity contribution in [1.29, 1.82) is 0 Å². The van der Waals surface area contributed by atoms with E-state index in [-0.39, 0.29) is 21.6 Å². The summed E-state index contributed by atoms with van der Waals surface area (Å²) >= 11 is 1.08. The summed E-state index contributed by atoms with van der Waals surface area (Å²) in [6.45, 7) is 5.94. The highest BCUT2D eigenvalue weighted by Gasteiger charge is 2.32. The lowest BCUT2D eigenvalue weighted by atomic mass is 9.97. The fraction of sp³-hybridized carbons (Fsp3) is 0.579. The first-order valence-corrected chi connectivity index (χ1v) is 12.0. The molecule has 1 amide bonds. The fourth-order valence-electron chi connectivity index (χ4n) is 3.54. The molecule has 1 N–H and O–H groups in total. The molecule has 0 bridgehead atoms. The zero-order chi connectivity index (χ0) is 20.3. The van der Waals surface area contributed by atoms with Crippen LogP contribution in [0.25, 0.3) is 10.2 Å². The van der Waals surface area contributed by atoms with Crippen LogP contribution < -0.4 is 10.2 Å². The van der Waals surface area contributed by atoms with Crippen LogP contribution in [0.3, 0.4) is 0 Å². The number of carbonyl (C=O) groups is 1. The van der Waals surface area contributed by atoms with Gasteiger partial charge in [-0.25, -0.2) is 8.42 Å². The number of aromatic nitrogens is 1. The van der Waals surface area contributed by atoms with Gasteiger partial charge >= 0.3 is 4.87 Å². The van der Waals surface area contributed by atoms with Crippen LogP contribution in [0.15, 0.2) is 27.9 Å². The van der Waals surface area contributed by atoms with Crippen molar-refractivity contribution < 1.29 is 13.2 Å². The number of hydrogen-bond acceptors (Lipinski definition) is 5. The average molecular weight is 426 g/mol. The van der Waals surface area contributed by atoms with Gasteiger partial charge in [-0.05, 0) is 43.9 Å². The van der Waals surface area contributed by atoms with Crippen molar-refractivity contribution in [1.82, 2.24) is 14.2 Å². The predicted molar refractivity (Wildman–Crippen MR) is 111 cm³/mol. The minimum atomic E-state index is -3.64. The Kier molecular flexibility index (Phi) is 6.57. The number of benzene rings is 1. The van der Waals surface area contributed by atoms with Crippen LogP contribution in [-0.4, -0.2) is 42.8 Å². The van der Waals surface area contributed by atoms with E-state index in [0.29, 0.717) is 43.7 Å². The molecule has 2 aromatic rings. The van der Waals surface area contributed by atoms with Crippen molar-refractivity contribution in [3.05, 3.63) is 27.9 Å². The summed E-state index contributed by atoms with van der Waals surface area (Å²) in [4.78, 5) is 24.4. The highest BCUT2D eigenvalue weighted by Crippen LogP contribution is 2.27. The van der Waals surface area contributed by atoms with E-state index in [4.69, 9.17) is 0 Å². The van der Waals surface area contributed by atoms with Gasteiger partial charge in [-0.2, -0.15) is 4.31 Å². The fourth-order valence-corrected chi connectivity index (χ4v) is 6.07. The van der Waals surface area contributed by atoms with Gasteiger partial charge in [0.1, 0.15) is 0 Å². The summed E-state index contributed by atoms with van der Waals surface area (Å²) in [7, 11) is -3.64. The van der Waals surface area contributed by atoms with Crippen molar-refractivity contribution in [3.63, 3.8) is 0 Å². The number of fused-ring (bicyclic) bond motifs is 1. The molecule has 154 valence electrons. The second kappa shape index (κ2) is 8.75. The van der Waals surface area contributed by atoms with Crippen molar-refractivity contribution in [2.45, 2.75) is 51.0 Å². The molecule has 2 heterocycles. The molecule has 3 rings (SSSR count). The third-order valence-electron chi connectivity index (χ3n) is 5.10. The van der Waals surface area contributed by atoms with Gasteiger partial charge in [0.15, 0.2) is 0 Å². The van der Waals surface area contributed by atoms with Crippen LogP contribution in [0.4, 0.5) is 0 Å². The Balaban J connectivity index is 1.76. The highest BCUT2D eigenvalue weighted by molar-refractivity contribution is 7.89. The van der Waals surface area contributed by atoms with Gasteiger partial charge in [0.2, 0.25) is 15.9 Å². The number of sulfonamides is 1. The van der Waals surface area contributed by atoms with Crippen LogP contribution in [0.1, 0.15) is 39.5 Å². The maximum atomic E-state index is 13.0. The monoisotopic (exact) mass is 425 g/mol. The quantitative estimate of drug-likeness (QED) is 0.738. The van der Waals surface area contributed by atoms with Crippen molar-refractivity contribution >= 4 is 37.5 Å². The second-order valence-corrected chi connectivity index (χ2v) is 10.0. The molecule has 0 aliphatic carbocycles. The molecule has 1 fully saturated rings. The molecule has 28 heavy (non-hydrogen) atoms. The lowest BCUT2D eigenvalue weighted by Crippen LogP contribution is -2.43. The normalized spacial score (nSPS) is 16.5. The molecule has 0 saturated carbocycles. The summed E-state index contributed by atoms with van der Waals surface area (Å²) in [5, 5.41) is 2.89. The Morgan fingerprint density at radius 1 is 1.21 bits per heavy atom. The van der Waals surface area contributed by atoms with Gasteiger partial charge in [-0.1, -0.05) is 25.2 Å². The molecular formula is C19H27N3O4S2. The van der Waals surface area contributed by atoms with E-state index in [0.717, 1.165) is 29.7 Å². The van der Waals surface area contributed by atoms with Crippen molar-refractivity contribution in [2.24, 2.45) is 5.92 Å². The van der Waals surface area contributed by atoms with E-state index in [2.05, 4.69) is 5.32 Å².